The van der Waals surface area contributed by atoms with Crippen LogP contribution < -0.4 is 0 Å². The summed E-state index contributed by atoms with van der Waals surface area (Å²) >= 11 is 0. The zero-order chi connectivity index (χ0) is 7.82. The van der Waals surface area contributed by atoms with Crippen molar-refractivity contribution in [1.29, 1.82) is 0 Å². The molecule has 0 rings (SSSR count). The minimum atomic E-state index is 1.12. The Morgan fingerprint density at radius 1 is 1.50 bits per heavy atom. The Morgan fingerprint density at radius 2 is 2.20 bits per heavy atom. The van der Waals surface area contributed by atoms with Gasteiger partial charge >= 0.3 is 0 Å². The minimum Gasteiger partial charge on any atom is -0.265 e. The van der Waals surface area contributed by atoms with Gasteiger partial charge in [-0.25, -0.2) is 0 Å². The molecule has 0 aliphatic carbocycles. The van der Waals surface area contributed by atoms with E-state index in [9.17, 15) is 0 Å². The van der Waals surface area contributed by atoms with Crippen LogP contribution in [0.25, 0.3) is 0 Å². The van der Waals surface area contributed by atoms with Crippen molar-refractivity contribution in [2.24, 2.45) is 4.99 Å². The first-order valence-electron chi connectivity index (χ1n) is 3.25. The maximum Gasteiger partial charge on any atom is 0.0296 e. The van der Waals surface area contributed by atoms with Crippen LogP contribution in [0.3, 0.4) is 0 Å². The zero-order valence-electron chi connectivity index (χ0n) is 6.54. The third-order valence-electron chi connectivity index (χ3n) is 0.935. The number of hydrogen-bond acceptors (Lipinski definition) is 1. The molecule has 1 nitrogen and oxygen atoms in total. The van der Waals surface area contributed by atoms with Gasteiger partial charge < -0.3 is 0 Å². The van der Waals surface area contributed by atoms with Gasteiger partial charge in [-0.3, -0.25) is 4.99 Å². The molecule has 0 unspecified atom stereocenters. The summed E-state index contributed by atoms with van der Waals surface area (Å²) in [5, 5.41) is 0. The number of allylic oxidation sites excluding steroid dienone is 4. The molecule has 0 aromatic heterocycles. The van der Waals surface area contributed by atoms with E-state index in [-0.39, 0.29) is 0 Å². The molecule has 0 amide bonds. The molecular weight excluding hydrogens is 122 g/mol. The summed E-state index contributed by atoms with van der Waals surface area (Å²) in [6.45, 7) is 7.44. The summed E-state index contributed by atoms with van der Waals surface area (Å²) in [5.74, 6) is 0. The number of aliphatic imine (C=N–C) groups is 1. The molecule has 0 aliphatic rings. The predicted octanol–water partition coefficient (Wildman–Crippen LogP) is 2.72. The van der Waals surface area contributed by atoms with Crippen LogP contribution in [0.15, 0.2) is 41.6 Å². The van der Waals surface area contributed by atoms with Gasteiger partial charge in [-0.15, -0.1) is 0 Å². The minimum absolute atomic E-state index is 1.12. The first-order valence-corrected chi connectivity index (χ1v) is 3.25. The normalized spacial score (nSPS) is 13.2. The highest BCUT2D eigenvalue weighted by Crippen LogP contribution is 1.88. The first kappa shape index (κ1) is 8.89. The van der Waals surface area contributed by atoms with Crippen molar-refractivity contribution in [3.63, 3.8) is 0 Å². The molecule has 0 atom stereocenters. The van der Waals surface area contributed by atoms with Crippen LogP contribution in [0.5, 0.6) is 0 Å². The van der Waals surface area contributed by atoms with E-state index >= 15 is 0 Å². The maximum atomic E-state index is 3.86. The monoisotopic (exact) mass is 135 g/mol. The van der Waals surface area contributed by atoms with Crippen molar-refractivity contribution in [2.45, 2.75) is 13.8 Å². The van der Waals surface area contributed by atoms with E-state index in [1.807, 2.05) is 32.1 Å². The maximum absolute atomic E-state index is 3.86. The fourth-order valence-corrected chi connectivity index (χ4v) is 0.461. The summed E-state index contributed by atoms with van der Waals surface area (Å²) in [6.07, 6.45) is 9.24. The van der Waals surface area contributed by atoms with Crippen LogP contribution in [0, 0.1) is 0 Å². The van der Waals surface area contributed by atoms with Gasteiger partial charge in [-0.2, -0.15) is 0 Å². The second-order valence-corrected chi connectivity index (χ2v) is 1.90. The SMILES string of the molecule is C=CN=C/C(C)=C\C=C/C. The first-order chi connectivity index (χ1) is 4.81. The van der Waals surface area contributed by atoms with E-state index in [2.05, 4.69) is 11.6 Å². The fraction of sp³-hybridized carbons (Fsp3) is 0.222. The van der Waals surface area contributed by atoms with Gasteiger partial charge in [0.05, 0.1) is 0 Å². The molecule has 1 heteroatoms. The van der Waals surface area contributed by atoms with Gasteiger partial charge in [0.15, 0.2) is 0 Å². The number of hydrogen-bond donors (Lipinski definition) is 0. The molecule has 0 spiro atoms. The summed E-state index contributed by atoms with van der Waals surface area (Å²) in [5.41, 5.74) is 1.12. The highest BCUT2D eigenvalue weighted by atomic mass is 14.6. The lowest BCUT2D eigenvalue weighted by molar-refractivity contribution is 1.54. The second kappa shape index (κ2) is 6.02. The van der Waals surface area contributed by atoms with Gasteiger partial charge in [-0.05, 0) is 19.4 Å². The molecule has 0 bridgehead atoms. The Kier molecular flexibility index (Phi) is 5.35. The van der Waals surface area contributed by atoms with Gasteiger partial charge in [0.1, 0.15) is 0 Å². The quantitative estimate of drug-likeness (QED) is 0.417. The smallest absolute Gasteiger partial charge is 0.0296 e. The zero-order valence-corrected chi connectivity index (χ0v) is 6.54. The summed E-state index contributed by atoms with van der Waals surface area (Å²) in [6, 6.07) is 0. The van der Waals surface area contributed by atoms with E-state index in [4.69, 9.17) is 0 Å². The molecule has 0 heterocycles. The lowest BCUT2D eigenvalue weighted by Crippen LogP contribution is -1.73. The summed E-state index contributed by atoms with van der Waals surface area (Å²) in [7, 11) is 0. The topological polar surface area (TPSA) is 12.4 Å². The van der Waals surface area contributed by atoms with E-state index in [0.717, 1.165) is 5.57 Å². The molecule has 0 aromatic carbocycles. The van der Waals surface area contributed by atoms with Crippen LogP contribution in [0.1, 0.15) is 13.8 Å². The molecule has 0 aromatic rings. The fourth-order valence-electron chi connectivity index (χ4n) is 0.461. The molecular formula is C9H13N. The largest absolute Gasteiger partial charge is 0.265 e. The Morgan fingerprint density at radius 3 is 2.70 bits per heavy atom. The van der Waals surface area contributed by atoms with Crippen molar-refractivity contribution >= 4 is 6.21 Å². The van der Waals surface area contributed by atoms with Crippen molar-refractivity contribution in [1.82, 2.24) is 0 Å². The molecule has 54 valence electrons. The van der Waals surface area contributed by atoms with Crippen LogP contribution >= 0.6 is 0 Å². The molecule has 0 fully saturated rings. The molecule has 0 saturated heterocycles. The standard InChI is InChI=1S/C9H13N/c1-4-6-7-9(3)8-10-5-2/h4-8H,2H2,1,3H3/b6-4-,9-7-,10-8?. The van der Waals surface area contributed by atoms with Crippen LogP contribution in [-0.4, -0.2) is 6.21 Å². The van der Waals surface area contributed by atoms with E-state index in [0.29, 0.717) is 0 Å². The lowest BCUT2D eigenvalue weighted by Gasteiger charge is -1.83. The van der Waals surface area contributed by atoms with Crippen molar-refractivity contribution in [3.05, 3.63) is 36.6 Å². The Bertz CT molecular complexity index is 173. The van der Waals surface area contributed by atoms with Crippen molar-refractivity contribution < 1.29 is 0 Å². The second-order valence-electron chi connectivity index (χ2n) is 1.90. The average Bonchev–Trinajstić information content (AvgIpc) is 1.97. The van der Waals surface area contributed by atoms with Gasteiger partial charge in [0.2, 0.25) is 0 Å². The number of rotatable bonds is 3. The molecule has 0 N–H and O–H groups in total. The van der Waals surface area contributed by atoms with E-state index < -0.39 is 0 Å². The average molecular weight is 135 g/mol. The Hall–Kier alpha value is -1.11. The summed E-state index contributed by atoms with van der Waals surface area (Å²) < 4.78 is 0. The van der Waals surface area contributed by atoms with Crippen molar-refractivity contribution in [2.75, 3.05) is 0 Å². The van der Waals surface area contributed by atoms with Gasteiger partial charge in [0.25, 0.3) is 0 Å². The predicted molar refractivity (Wildman–Crippen MR) is 47.3 cm³/mol. The molecule has 0 aliphatic heterocycles. The molecule has 10 heavy (non-hydrogen) atoms. The van der Waals surface area contributed by atoms with Crippen LogP contribution in [0.2, 0.25) is 0 Å². The highest BCUT2D eigenvalue weighted by molar-refractivity contribution is 5.78. The Labute approximate surface area is 62.5 Å². The molecule has 0 radical (unpaired) electrons. The van der Waals surface area contributed by atoms with Gasteiger partial charge in [0, 0.05) is 12.4 Å². The van der Waals surface area contributed by atoms with Crippen molar-refractivity contribution in [3.8, 4) is 0 Å². The van der Waals surface area contributed by atoms with Crippen LogP contribution in [-0.2, 0) is 0 Å². The van der Waals surface area contributed by atoms with E-state index in [1.54, 1.807) is 6.21 Å². The Balaban J connectivity index is 3.93. The van der Waals surface area contributed by atoms with Crippen LogP contribution in [0.4, 0.5) is 0 Å². The molecule has 0 saturated carbocycles. The third kappa shape index (κ3) is 5.04. The number of nitrogens with zero attached hydrogens (tertiary/aromatic N) is 1. The highest BCUT2D eigenvalue weighted by Gasteiger charge is 1.74. The van der Waals surface area contributed by atoms with Gasteiger partial charge in [-0.1, -0.05) is 24.8 Å². The summed E-state index contributed by atoms with van der Waals surface area (Å²) in [4.78, 5) is 3.86. The van der Waals surface area contributed by atoms with E-state index in [1.165, 1.54) is 6.20 Å². The third-order valence-corrected chi connectivity index (χ3v) is 0.935. The lowest BCUT2D eigenvalue weighted by atomic mass is 10.3.